The SMILES string of the molecule is N#Cc1ccc(-c2cccc(-c3nc(-c4ccccc4)nc(-c4c5ccccc5c(-c5ccccc5)c5ccc6ccccc6c45)n3)c2)cc1. The Kier molecular flexibility index (Phi) is 7.15. The molecule has 0 atom stereocenters. The molecular weight excluding hydrogens is 609 g/mol. The van der Waals surface area contributed by atoms with Gasteiger partial charge in [-0.1, -0.05) is 152 Å². The molecule has 4 nitrogen and oxygen atoms in total. The second-order valence-corrected chi connectivity index (χ2v) is 12.3. The Bertz CT molecular complexity index is 2750. The minimum Gasteiger partial charge on any atom is -0.208 e. The van der Waals surface area contributed by atoms with Gasteiger partial charge in [-0.05, 0) is 67.4 Å². The van der Waals surface area contributed by atoms with E-state index in [-0.39, 0.29) is 0 Å². The second kappa shape index (κ2) is 12.2. The molecule has 0 spiro atoms. The molecule has 9 rings (SSSR count). The minimum absolute atomic E-state index is 0.592. The first-order valence-electron chi connectivity index (χ1n) is 16.6. The van der Waals surface area contributed by atoms with Crippen molar-refractivity contribution in [2.75, 3.05) is 0 Å². The van der Waals surface area contributed by atoms with E-state index in [2.05, 4.69) is 109 Å². The molecule has 0 fully saturated rings. The molecule has 0 unspecified atom stereocenters. The fraction of sp³-hybridized carbons (Fsp3) is 0. The molecule has 8 aromatic carbocycles. The molecule has 0 amide bonds. The minimum atomic E-state index is 0.592. The van der Waals surface area contributed by atoms with Crippen LogP contribution in [-0.4, -0.2) is 15.0 Å². The molecule has 1 heterocycles. The summed E-state index contributed by atoms with van der Waals surface area (Å²) >= 11 is 0. The predicted molar refractivity (Wildman–Crippen MR) is 204 cm³/mol. The van der Waals surface area contributed by atoms with Gasteiger partial charge in [0.15, 0.2) is 17.5 Å². The predicted octanol–water partition coefficient (Wildman–Crippen LogP) is 11.5. The Morgan fingerprint density at radius 3 is 1.64 bits per heavy atom. The van der Waals surface area contributed by atoms with Crippen molar-refractivity contribution >= 4 is 32.3 Å². The normalized spacial score (nSPS) is 11.2. The van der Waals surface area contributed by atoms with Crippen LogP contribution in [0, 0.1) is 11.3 Å². The van der Waals surface area contributed by atoms with Crippen LogP contribution in [0.2, 0.25) is 0 Å². The fourth-order valence-corrected chi connectivity index (χ4v) is 7.00. The lowest BCUT2D eigenvalue weighted by molar-refractivity contribution is 1.08. The molecule has 0 aliphatic carbocycles. The zero-order valence-electron chi connectivity index (χ0n) is 27.0. The number of aromatic nitrogens is 3. The summed E-state index contributed by atoms with van der Waals surface area (Å²) in [5.41, 5.74) is 7.80. The van der Waals surface area contributed by atoms with Crippen molar-refractivity contribution < 1.29 is 0 Å². The highest BCUT2D eigenvalue weighted by molar-refractivity contribution is 6.27. The maximum absolute atomic E-state index is 9.32. The standard InChI is InChI=1S/C46H28N4/c47-29-30-22-24-31(25-23-30)35-17-11-18-36(28-35)45-48-44(34-15-5-2-6-16-34)49-46(50-45)43-39-21-10-9-20-38(39)41(33-13-3-1-4-14-33)40-27-26-32-12-7-8-19-37(32)42(40)43/h1-28H. The highest BCUT2D eigenvalue weighted by atomic mass is 15.0. The van der Waals surface area contributed by atoms with E-state index in [4.69, 9.17) is 15.0 Å². The van der Waals surface area contributed by atoms with E-state index >= 15 is 0 Å². The second-order valence-electron chi connectivity index (χ2n) is 12.3. The summed E-state index contributed by atoms with van der Waals surface area (Å²) < 4.78 is 0. The summed E-state index contributed by atoms with van der Waals surface area (Å²) in [6.07, 6.45) is 0. The van der Waals surface area contributed by atoms with Gasteiger partial charge in [-0.2, -0.15) is 5.26 Å². The zero-order valence-corrected chi connectivity index (χ0v) is 27.0. The van der Waals surface area contributed by atoms with E-state index in [0.717, 1.165) is 65.7 Å². The van der Waals surface area contributed by atoms with Crippen LogP contribution >= 0.6 is 0 Å². The lowest BCUT2D eigenvalue weighted by Gasteiger charge is -2.19. The number of nitrogens with zero attached hydrogens (tertiary/aromatic N) is 4. The summed E-state index contributed by atoms with van der Waals surface area (Å²) in [6, 6.07) is 60.5. The number of fused-ring (bicyclic) bond motifs is 4. The summed E-state index contributed by atoms with van der Waals surface area (Å²) in [4.78, 5) is 15.6. The van der Waals surface area contributed by atoms with Gasteiger partial charge in [-0.25, -0.2) is 15.0 Å². The van der Waals surface area contributed by atoms with Gasteiger partial charge >= 0.3 is 0 Å². The van der Waals surface area contributed by atoms with Gasteiger partial charge in [0.05, 0.1) is 11.6 Å². The average molecular weight is 637 g/mol. The highest BCUT2D eigenvalue weighted by Crippen LogP contribution is 2.45. The molecule has 0 aliphatic rings. The lowest BCUT2D eigenvalue weighted by atomic mass is 9.86. The third kappa shape index (κ3) is 5.06. The average Bonchev–Trinajstić information content (AvgIpc) is 3.20. The molecular formula is C46H28N4. The van der Waals surface area contributed by atoms with Crippen molar-refractivity contribution in [1.29, 1.82) is 5.26 Å². The molecule has 0 aliphatic heterocycles. The number of nitriles is 1. The summed E-state index contributed by atoms with van der Waals surface area (Å²) in [5.74, 6) is 1.82. The maximum Gasteiger partial charge on any atom is 0.165 e. The smallest absolute Gasteiger partial charge is 0.165 e. The summed E-state index contributed by atoms with van der Waals surface area (Å²) in [5, 5.41) is 16.1. The molecule has 4 heteroatoms. The summed E-state index contributed by atoms with van der Waals surface area (Å²) in [7, 11) is 0. The van der Waals surface area contributed by atoms with Gasteiger partial charge < -0.3 is 0 Å². The largest absolute Gasteiger partial charge is 0.208 e. The first-order valence-corrected chi connectivity index (χ1v) is 16.6. The Morgan fingerprint density at radius 1 is 0.360 bits per heavy atom. The van der Waals surface area contributed by atoms with Crippen molar-refractivity contribution in [2.45, 2.75) is 0 Å². The van der Waals surface area contributed by atoms with E-state index in [0.29, 0.717) is 23.0 Å². The van der Waals surface area contributed by atoms with E-state index in [1.165, 1.54) is 5.56 Å². The first-order chi connectivity index (χ1) is 24.7. The molecule has 1 aromatic heterocycles. The van der Waals surface area contributed by atoms with Crippen LogP contribution in [-0.2, 0) is 0 Å². The zero-order chi connectivity index (χ0) is 33.4. The lowest BCUT2D eigenvalue weighted by Crippen LogP contribution is -2.02. The van der Waals surface area contributed by atoms with Crippen LogP contribution in [0.3, 0.4) is 0 Å². The van der Waals surface area contributed by atoms with E-state index in [1.54, 1.807) is 0 Å². The van der Waals surface area contributed by atoms with Gasteiger partial charge in [0.2, 0.25) is 0 Å². The Balaban J connectivity index is 1.37. The molecule has 0 bridgehead atoms. The highest BCUT2D eigenvalue weighted by Gasteiger charge is 2.22. The van der Waals surface area contributed by atoms with E-state index in [9.17, 15) is 5.26 Å². The van der Waals surface area contributed by atoms with Crippen LogP contribution in [0.15, 0.2) is 170 Å². The monoisotopic (exact) mass is 636 g/mol. The number of benzene rings is 8. The van der Waals surface area contributed by atoms with Crippen LogP contribution in [0.25, 0.3) is 88.7 Å². The number of hydrogen-bond acceptors (Lipinski definition) is 4. The quantitative estimate of drug-likeness (QED) is 0.139. The van der Waals surface area contributed by atoms with Crippen LogP contribution in [0.4, 0.5) is 0 Å². The van der Waals surface area contributed by atoms with Crippen LogP contribution in [0.1, 0.15) is 5.56 Å². The van der Waals surface area contributed by atoms with Crippen molar-refractivity contribution in [3.05, 3.63) is 175 Å². The van der Waals surface area contributed by atoms with Crippen LogP contribution < -0.4 is 0 Å². The Morgan fingerprint density at radius 2 is 0.920 bits per heavy atom. The van der Waals surface area contributed by atoms with Gasteiger partial charge in [0, 0.05) is 22.1 Å². The third-order valence-electron chi connectivity index (χ3n) is 9.34. The van der Waals surface area contributed by atoms with E-state index in [1.807, 2.05) is 66.7 Å². The maximum atomic E-state index is 9.32. The first kappa shape index (κ1) is 29.2. The summed E-state index contributed by atoms with van der Waals surface area (Å²) in [6.45, 7) is 0. The Hall–Kier alpha value is -6.96. The molecule has 9 aromatic rings. The molecule has 0 saturated heterocycles. The van der Waals surface area contributed by atoms with Gasteiger partial charge in [0.1, 0.15) is 0 Å². The molecule has 50 heavy (non-hydrogen) atoms. The van der Waals surface area contributed by atoms with Gasteiger partial charge in [0.25, 0.3) is 0 Å². The Labute approximate surface area is 289 Å². The van der Waals surface area contributed by atoms with Crippen molar-refractivity contribution in [1.82, 2.24) is 15.0 Å². The van der Waals surface area contributed by atoms with E-state index < -0.39 is 0 Å². The number of rotatable bonds is 5. The van der Waals surface area contributed by atoms with Crippen molar-refractivity contribution in [2.24, 2.45) is 0 Å². The molecule has 0 saturated carbocycles. The third-order valence-corrected chi connectivity index (χ3v) is 9.34. The molecule has 0 N–H and O–H groups in total. The number of hydrogen-bond donors (Lipinski definition) is 0. The van der Waals surface area contributed by atoms with Gasteiger partial charge in [-0.3, -0.25) is 0 Å². The topological polar surface area (TPSA) is 62.5 Å². The molecule has 232 valence electrons. The van der Waals surface area contributed by atoms with Crippen molar-refractivity contribution in [3.8, 4) is 62.5 Å². The van der Waals surface area contributed by atoms with Crippen LogP contribution in [0.5, 0.6) is 0 Å². The van der Waals surface area contributed by atoms with Crippen molar-refractivity contribution in [3.63, 3.8) is 0 Å². The molecule has 0 radical (unpaired) electrons. The fourth-order valence-electron chi connectivity index (χ4n) is 7.00. The van der Waals surface area contributed by atoms with Gasteiger partial charge in [-0.15, -0.1) is 0 Å².